The van der Waals surface area contributed by atoms with Crippen LogP contribution in [0.15, 0.2) is 54.6 Å². The van der Waals surface area contributed by atoms with Crippen LogP contribution in [0.25, 0.3) is 0 Å². The second-order valence-corrected chi connectivity index (χ2v) is 5.41. The van der Waals surface area contributed by atoms with Crippen LogP contribution in [-0.2, 0) is 11.3 Å². The van der Waals surface area contributed by atoms with Crippen molar-refractivity contribution in [1.29, 1.82) is 0 Å². The molecule has 1 atom stereocenters. The zero-order valence-corrected chi connectivity index (χ0v) is 13.1. The van der Waals surface area contributed by atoms with Crippen molar-refractivity contribution in [1.82, 2.24) is 5.32 Å². The molecular formula is C18H22ClNO. The molecule has 1 N–H and O–H groups in total. The van der Waals surface area contributed by atoms with Gasteiger partial charge in [0.25, 0.3) is 0 Å². The highest BCUT2D eigenvalue weighted by molar-refractivity contribution is 6.31. The smallest absolute Gasteiger partial charge is 0.0953 e. The minimum atomic E-state index is 0.0361. The van der Waals surface area contributed by atoms with E-state index in [9.17, 15) is 0 Å². The van der Waals surface area contributed by atoms with E-state index in [0.29, 0.717) is 6.61 Å². The molecular weight excluding hydrogens is 282 g/mol. The van der Waals surface area contributed by atoms with E-state index >= 15 is 0 Å². The summed E-state index contributed by atoms with van der Waals surface area (Å²) in [5.41, 5.74) is 2.21. The van der Waals surface area contributed by atoms with Gasteiger partial charge in [-0.3, -0.25) is 0 Å². The Morgan fingerprint density at radius 2 is 1.76 bits per heavy atom. The van der Waals surface area contributed by atoms with Crippen molar-refractivity contribution in [2.75, 3.05) is 13.1 Å². The van der Waals surface area contributed by atoms with Crippen LogP contribution in [0.2, 0.25) is 5.02 Å². The second kappa shape index (κ2) is 8.83. The molecule has 0 heterocycles. The predicted molar refractivity (Wildman–Crippen MR) is 88.6 cm³/mol. The predicted octanol–water partition coefficient (Wildman–Crippen LogP) is 4.60. The lowest BCUT2D eigenvalue weighted by atomic mass is 10.1. The van der Waals surface area contributed by atoms with Crippen LogP contribution in [0.3, 0.4) is 0 Å². The van der Waals surface area contributed by atoms with Crippen LogP contribution in [0.4, 0.5) is 0 Å². The largest absolute Gasteiger partial charge is 0.367 e. The van der Waals surface area contributed by atoms with Gasteiger partial charge in [0, 0.05) is 11.6 Å². The Morgan fingerprint density at radius 3 is 2.48 bits per heavy atom. The van der Waals surface area contributed by atoms with E-state index in [0.717, 1.165) is 30.1 Å². The lowest BCUT2D eigenvalue weighted by molar-refractivity contribution is 0.0400. The van der Waals surface area contributed by atoms with Crippen molar-refractivity contribution >= 4 is 11.6 Å². The molecule has 2 aromatic carbocycles. The molecule has 0 aliphatic rings. The van der Waals surface area contributed by atoms with Gasteiger partial charge in [0.05, 0.1) is 12.7 Å². The molecule has 3 heteroatoms. The van der Waals surface area contributed by atoms with E-state index < -0.39 is 0 Å². The summed E-state index contributed by atoms with van der Waals surface area (Å²) in [5.74, 6) is 0. The van der Waals surface area contributed by atoms with Crippen molar-refractivity contribution in [3.63, 3.8) is 0 Å². The van der Waals surface area contributed by atoms with Gasteiger partial charge in [-0.25, -0.2) is 0 Å². The normalized spacial score (nSPS) is 12.3. The summed E-state index contributed by atoms with van der Waals surface area (Å²) in [6.07, 6.45) is 1.15. The molecule has 1 unspecified atom stereocenters. The maximum atomic E-state index is 6.18. The lowest BCUT2D eigenvalue weighted by Crippen LogP contribution is -2.24. The number of nitrogens with one attached hydrogen (secondary N) is 1. The first-order valence-corrected chi connectivity index (χ1v) is 7.79. The minimum absolute atomic E-state index is 0.0361. The molecule has 112 valence electrons. The first-order valence-electron chi connectivity index (χ1n) is 7.42. The third-order valence-corrected chi connectivity index (χ3v) is 3.69. The van der Waals surface area contributed by atoms with Crippen LogP contribution in [0.1, 0.15) is 30.6 Å². The third-order valence-electron chi connectivity index (χ3n) is 3.33. The molecule has 0 radical (unpaired) electrons. The van der Waals surface area contributed by atoms with Crippen molar-refractivity contribution in [3.8, 4) is 0 Å². The number of rotatable bonds is 8. The summed E-state index contributed by atoms with van der Waals surface area (Å²) in [6.45, 7) is 4.49. The minimum Gasteiger partial charge on any atom is -0.367 e. The highest BCUT2D eigenvalue weighted by Crippen LogP contribution is 2.21. The summed E-state index contributed by atoms with van der Waals surface area (Å²) in [7, 11) is 0. The monoisotopic (exact) mass is 303 g/mol. The molecule has 0 aliphatic heterocycles. The van der Waals surface area contributed by atoms with E-state index in [2.05, 4.69) is 24.4 Å². The fraction of sp³-hybridized carbons (Fsp3) is 0.333. The van der Waals surface area contributed by atoms with Gasteiger partial charge >= 0.3 is 0 Å². The second-order valence-electron chi connectivity index (χ2n) is 5.01. The Hall–Kier alpha value is -1.35. The Labute approximate surface area is 132 Å². The third kappa shape index (κ3) is 5.16. The number of hydrogen-bond donors (Lipinski definition) is 1. The van der Waals surface area contributed by atoms with Crippen LogP contribution < -0.4 is 5.32 Å². The Balaban J connectivity index is 2.00. The van der Waals surface area contributed by atoms with Crippen molar-refractivity contribution < 1.29 is 4.74 Å². The van der Waals surface area contributed by atoms with Crippen molar-refractivity contribution in [2.24, 2.45) is 0 Å². The molecule has 0 bridgehead atoms. The maximum Gasteiger partial charge on any atom is 0.0953 e. The van der Waals surface area contributed by atoms with Crippen molar-refractivity contribution in [2.45, 2.75) is 26.1 Å². The van der Waals surface area contributed by atoms with Gasteiger partial charge in [0.15, 0.2) is 0 Å². The molecule has 0 fully saturated rings. The Morgan fingerprint density at radius 1 is 1.05 bits per heavy atom. The van der Waals surface area contributed by atoms with Gasteiger partial charge in [0.2, 0.25) is 0 Å². The number of halogens is 1. The van der Waals surface area contributed by atoms with Crippen LogP contribution in [0.5, 0.6) is 0 Å². The zero-order chi connectivity index (χ0) is 14.9. The average molecular weight is 304 g/mol. The van der Waals surface area contributed by atoms with E-state index in [1.807, 2.05) is 42.5 Å². The number of ether oxygens (including phenoxy) is 1. The fourth-order valence-corrected chi connectivity index (χ4v) is 2.35. The summed E-state index contributed by atoms with van der Waals surface area (Å²) in [6, 6.07) is 18.1. The summed E-state index contributed by atoms with van der Waals surface area (Å²) >= 11 is 6.18. The number of hydrogen-bond acceptors (Lipinski definition) is 2. The summed E-state index contributed by atoms with van der Waals surface area (Å²) in [4.78, 5) is 0. The Kier molecular flexibility index (Phi) is 6.74. The Bertz CT molecular complexity index is 530. The standard InChI is InChI=1S/C18H22ClNO/c1-2-12-20-13-18(15-8-4-3-5-9-15)21-14-16-10-6-7-11-17(16)19/h3-11,18,20H,2,12-14H2,1H3. The first-order chi connectivity index (χ1) is 10.3. The van der Waals surface area contributed by atoms with Crippen LogP contribution in [0, 0.1) is 0 Å². The summed E-state index contributed by atoms with van der Waals surface area (Å²) < 4.78 is 6.09. The lowest BCUT2D eigenvalue weighted by Gasteiger charge is -2.19. The zero-order valence-electron chi connectivity index (χ0n) is 12.4. The maximum absolute atomic E-state index is 6.18. The molecule has 21 heavy (non-hydrogen) atoms. The van der Waals surface area contributed by atoms with Gasteiger partial charge in [-0.15, -0.1) is 0 Å². The molecule has 2 aromatic rings. The molecule has 2 nitrogen and oxygen atoms in total. The van der Waals surface area contributed by atoms with Gasteiger partial charge in [-0.1, -0.05) is 67.1 Å². The van der Waals surface area contributed by atoms with Gasteiger partial charge in [-0.2, -0.15) is 0 Å². The molecule has 0 amide bonds. The van der Waals surface area contributed by atoms with E-state index in [1.165, 1.54) is 5.56 Å². The van der Waals surface area contributed by atoms with E-state index in [1.54, 1.807) is 0 Å². The van der Waals surface area contributed by atoms with Gasteiger partial charge in [-0.05, 0) is 30.2 Å². The van der Waals surface area contributed by atoms with Crippen molar-refractivity contribution in [3.05, 3.63) is 70.7 Å². The van der Waals surface area contributed by atoms with Gasteiger partial charge < -0.3 is 10.1 Å². The molecule has 0 aliphatic carbocycles. The van der Waals surface area contributed by atoms with E-state index in [-0.39, 0.29) is 6.10 Å². The number of benzene rings is 2. The fourth-order valence-electron chi connectivity index (χ4n) is 2.16. The first kappa shape index (κ1) is 16.0. The molecule has 0 aromatic heterocycles. The summed E-state index contributed by atoms with van der Waals surface area (Å²) in [5, 5.41) is 4.18. The molecule has 0 saturated heterocycles. The highest BCUT2D eigenvalue weighted by atomic mass is 35.5. The van der Waals surface area contributed by atoms with Gasteiger partial charge in [0.1, 0.15) is 0 Å². The molecule has 0 saturated carbocycles. The van der Waals surface area contributed by atoms with E-state index in [4.69, 9.17) is 16.3 Å². The topological polar surface area (TPSA) is 21.3 Å². The average Bonchev–Trinajstić information content (AvgIpc) is 2.53. The quantitative estimate of drug-likeness (QED) is 0.720. The molecule has 2 rings (SSSR count). The highest BCUT2D eigenvalue weighted by Gasteiger charge is 2.12. The molecule has 0 spiro atoms. The van der Waals surface area contributed by atoms with Crippen LogP contribution >= 0.6 is 11.6 Å². The SMILES string of the molecule is CCCNCC(OCc1ccccc1Cl)c1ccccc1. The van der Waals surface area contributed by atoms with Crippen LogP contribution in [-0.4, -0.2) is 13.1 Å².